The van der Waals surface area contributed by atoms with Gasteiger partial charge in [0.25, 0.3) is 0 Å². The molecule has 1 saturated carbocycles. The highest BCUT2D eigenvalue weighted by Gasteiger charge is 2.25. The van der Waals surface area contributed by atoms with Gasteiger partial charge < -0.3 is 0 Å². The van der Waals surface area contributed by atoms with Crippen molar-refractivity contribution in [2.75, 3.05) is 0 Å². The van der Waals surface area contributed by atoms with Crippen LogP contribution >= 0.6 is 90.4 Å². The Labute approximate surface area is 164 Å². The van der Waals surface area contributed by atoms with E-state index in [0.717, 1.165) is 13.8 Å². The molecule has 0 heterocycles. The van der Waals surface area contributed by atoms with Crippen molar-refractivity contribution in [1.82, 2.24) is 0 Å². The second kappa shape index (κ2) is 7.95. The maximum atomic E-state index is 2.64. The summed E-state index contributed by atoms with van der Waals surface area (Å²) in [5.41, 5.74) is 1.52. The van der Waals surface area contributed by atoms with Crippen LogP contribution in [0.4, 0.5) is 0 Å². The third-order valence-electron chi connectivity index (χ3n) is 3.45. The summed E-state index contributed by atoms with van der Waals surface area (Å²) in [4.78, 5) is 0. The van der Waals surface area contributed by atoms with E-state index in [1.807, 2.05) is 0 Å². The van der Waals surface area contributed by atoms with Crippen LogP contribution in [0.1, 0.15) is 31.2 Å². The highest BCUT2D eigenvalue weighted by Crippen LogP contribution is 2.36. The van der Waals surface area contributed by atoms with Crippen molar-refractivity contribution in [2.45, 2.75) is 40.0 Å². The van der Waals surface area contributed by atoms with Gasteiger partial charge in [-0.1, -0.05) is 45.2 Å². The van der Waals surface area contributed by atoms with Crippen molar-refractivity contribution in [3.05, 3.63) is 30.9 Å². The minimum atomic E-state index is 0.902. The first kappa shape index (κ1) is 16.5. The van der Waals surface area contributed by atoms with E-state index in [-0.39, 0.29) is 0 Å². The van der Waals surface area contributed by atoms with E-state index in [1.165, 1.54) is 44.8 Å². The summed E-state index contributed by atoms with van der Waals surface area (Å²) in [7, 11) is 0. The summed E-state index contributed by atoms with van der Waals surface area (Å²) in [5, 5.41) is 0. The fourth-order valence-electron chi connectivity index (χ4n) is 2.65. The lowest BCUT2D eigenvalue weighted by Crippen LogP contribution is -2.23. The first-order chi connectivity index (χ1) is 8.52. The minimum Gasteiger partial charge on any atom is -0.0826 e. The third kappa shape index (κ3) is 5.50. The smallest absolute Gasteiger partial charge is 0.0143 e. The third-order valence-corrected chi connectivity index (χ3v) is 6.73. The van der Waals surface area contributed by atoms with Crippen LogP contribution in [0.5, 0.6) is 0 Å². The highest BCUT2D eigenvalue weighted by molar-refractivity contribution is 14.1. The Morgan fingerprint density at radius 1 is 0.889 bits per heavy atom. The van der Waals surface area contributed by atoms with E-state index in [0.29, 0.717) is 0 Å². The molecular weight excluding hydrogens is 676 g/mol. The number of halogens is 4. The Kier molecular flexibility index (Phi) is 7.30. The fraction of sp³-hybridized carbons (Fsp3) is 0.571. The van der Waals surface area contributed by atoms with E-state index in [2.05, 4.69) is 109 Å². The van der Waals surface area contributed by atoms with Gasteiger partial charge in [0.1, 0.15) is 0 Å². The molecule has 2 rings (SSSR count). The van der Waals surface area contributed by atoms with Crippen molar-refractivity contribution < 1.29 is 0 Å². The van der Waals surface area contributed by atoms with Crippen molar-refractivity contribution >= 4 is 90.4 Å². The molecular formula is C14H16I4. The van der Waals surface area contributed by atoms with E-state index in [1.54, 1.807) is 0 Å². The second-order valence-corrected chi connectivity index (χ2v) is 11.1. The van der Waals surface area contributed by atoms with Crippen LogP contribution in [-0.2, 0) is 6.42 Å². The molecule has 1 aliphatic carbocycles. The predicted molar refractivity (Wildman–Crippen MR) is 113 cm³/mol. The molecule has 1 aromatic rings. The van der Waals surface area contributed by atoms with Gasteiger partial charge in [0, 0.05) is 15.0 Å². The summed E-state index contributed by atoms with van der Waals surface area (Å²) in [6.45, 7) is 0. The van der Waals surface area contributed by atoms with Gasteiger partial charge in [0.05, 0.1) is 0 Å². The normalized spacial score (nSPS) is 28.3. The monoisotopic (exact) mass is 692 g/mol. The number of aryl methyl sites for hydroxylation is 1. The highest BCUT2D eigenvalue weighted by atomic mass is 127. The summed E-state index contributed by atoms with van der Waals surface area (Å²) in [6.07, 6.45) is 6.90. The van der Waals surface area contributed by atoms with Crippen LogP contribution in [0.2, 0.25) is 0 Å². The van der Waals surface area contributed by atoms with Gasteiger partial charge in [0.2, 0.25) is 0 Å². The molecule has 100 valence electrons. The molecule has 1 aliphatic rings. The molecule has 18 heavy (non-hydrogen) atoms. The molecule has 1 fully saturated rings. The van der Waals surface area contributed by atoms with E-state index >= 15 is 0 Å². The summed E-state index contributed by atoms with van der Waals surface area (Å²) < 4.78 is 4.55. The Bertz CT molecular complexity index is 375. The average Bonchev–Trinajstić information content (AvgIpc) is 2.23. The Morgan fingerprint density at radius 2 is 1.44 bits per heavy atom. The van der Waals surface area contributed by atoms with Gasteiger partial charge in [0.15, 0.2) is 0 Å². The molecule has 0 aromatic heterocycles. The number of hydrogen-bond acceptors (Lipinski definition) is 0. The van der Waals surface area contributed by atoms with Crippen molar-refractivity contribution in [3.63, 3.8) is 0 Å². The zero-order chi connectivity index (χ0) is 13.1. The predicted octanol–water partition coefficient (Wildman–Crippen LogP) is 6.24. The van der Waals surface area contributed by atoms with E-state index < -0.39 is 0 Å². The van der Waals surface area contributed by atoms with Crippen LogP contribution in [-0.4, -0.2) is 7.85 Å². The van der Waals surface area contributed by atoms with Crippen LogP contribution in [0.25, 0.3) is 0 Å². The van der Waals surface area contributed by atoms with Gasteiger partial charge in [-0.2, -0.15) is 0 Å². The van der Waals surface area contributed by atoms with Crippen LogP contribution < -0.4 is 0 Å². The molecule has 0 amide bonds. The van der Waals surface area contributed by atoms with Crippen LogP contribution in [0.3, 0.4) is 0 Å². The van der Waals surface area contributed by atoms with Gasteiger partial charge >= 0.3 is 0 Å². The van der Waals surface area contributed by atoms with Crippen LogP contribution in [0, 0.1) is 13.1 Å². The van der Waals surface area contributed by atoms with E-state index in [4.69, 9.17) is 0 Å². The molecule has 0 nitrogen and oxygen atoms in total. The van der Waals surface area contributed by atoms with Gasteiger partial charge in [-0.3, -0.25) is 0 Å². The number of alkyl halides is 2. The molecule has 0 spiro atoms. The number of rotatable bonds is 3. The lowest BCUT2D eigenvalue weighted by molar-refractivity contribution is 0.367. The lowest BCUT2D eigenvalue weighted by Gasteiger charge is -2.29. The zero-order valence-corrected chi connectivity index (χ0v) is 18.6. The minimum absolute atomic E-state index is 0.902. The molecule has 1 aromatic carbocycles. The summed E-state index contributed by atoms with van der Waals surface area (Å²) in [5.74, 6) is 0.943. The quantitative estimate of drug-likeness (QED) is 0.261. The van der Waals surface area contributed by atoms with Gasteiger partial charge in [-0.05, 0) is 107 Å². The maximum absolute atomic E-state index is 2.64. The molecule has 2 unspecified atom stereocenters. The molecule has 0 saturated heterocycles. The lowest BCUT2D eigenvalue weighted by atomic mass is 9.85. The molecule has 0 N–H and O–H groups in total. The second-order valence-electron chi connectivity index (χ2n) is 5.08. The largest absolute Gasteiger partial charge is 0.0826 e. The Balaban J connectivity index is 1.90. The molecule has 2 atom stereocenters. The topological polar surface area (TPSA) is 0 Å². The maximum Gasteiger partial charge on any atom is 0.0143 e. The summed E-state index contributed by atoms with van der Waals surface area (Å²) >= 11 is 10.1. The first-order valence-corrected chi connectivity index (χ1v) is 10.9. The van der Waals surface area contributed by atoms with Crippen molar-refractivity contribution in [3.8, 4) is 0 Å². The molecule has 0 aliphatic heterocycles. The Morgan fingerprint density at radius 3 is 2.00 bits per heavy atom. The van der Waals surface area contributed by atoms with Crippen molar-refractivity contribution in [1.29, 1.82) is 0 Å². The van der Waals surface area contributed by atoms with Crippen molar-refractivity contribution in [2.24, 2.45) is 5.92 Å². The average molecular weight is 692 g/mol. The van der Waals surface area contributed by atoms with E-state index in [9.17, 15) is 0 Å². The fourth-order valence-corrected chi connectivity index (χ4v) is 8.36. The Hall–Kier alpha value is 2.14. The molecule has 0 bridgehead atoms. The van der Waals surface area contributed by atoms with Crippen LogP contribution in [0.15, 0.2) is 18.2 Å². The first-order valence-electron chi connectivity index (χ1n) is 6.26. The molecule has 0 radical (unpaired) electrons. The number of hydrogen-bond donors (Lipinski definition) is 0. The molecule has 4 heteroatoms. The summed E-state index contributed by atoms with van der Waals surface area (Å²) in [6, 6.07) is 6.93. The number of benzene rings is 1. The van der Waals surface area contributed by atoms with Gasteiger partial charge in [-0.15, -0.1) is 0 Å². The van der Waals surface area contributed by atoms with Gasteiger partial charge in [-0.25, -0.2) is 0 Å². The zero-order valence-electron chi connectivity index (χ0n) is 10.0. The standard InChI is InChI=1S/C14H16I4/c15-11-3-9(4-12(16)7-11)1-2-10-5-13(17)8-14(18)6-10/h3-4,7,10,13-14H,1-2,5-6,8H2. The SMILES string of the molecule is Ic1cc(I)cc(CCC2CC(I)CC(I)C2)c1.